The Kier molecular flexibility index (Phi) is 3.98. The Morgan fingerprint density at radius 2 is 2.29 bits per heavy atom. The second kappa shape index (κ2) is 5.67. The summed E-state index contributed by atoms with van der Waals surface area (Å²) in [4.78, 5) is 6.80. The molecule has 3 heteroatoms. The zero-order chi connectivity index (χ0) is 12.1. The van der Waals surface area contributed by atoms with E-state index in [1.807, 2.05) is 12.1 Å². The van der Waals surface area contributed by atoms with Gasteiger partial charge >= 0.3 is 0 Å². The third kappa shape index (κ3) is 2.76. The first-order valence-corrected chi connectivity index (χ1v) is 6.49. The molecule has 1 aromatic heterocycles. The van der Waals surface area contributed by atoms with E-state index in [2.05, 4.69) is 22.9 Å². The zero-order valence-corrected chi connectivity index (χ0v) is 10.4. The van der Waals surface area contributed by atoms with Gasteiger partial charge in [-0.25, -0.2) is 4.98 Å². The summed E-state index contributed by atoms with van der Waals surface area (Å²) in [6.45, 7) is 3.30. The van der Waals surface area contributed by atoms with Gasteiger partial charge in [-0.2, -0.15) is 5.26 Å². The molecule has 1 aliphatic rings. The molecule has 0 bridgehead atoms. The van der Waals surface area contributed by atoms with E-state index in [1.165, 1.54) is 25.7 Å². The second-order valence-electron chi connectivity index (χ2n) is 4.60. The maximum atomic E-state index is 8.91. The summed E-state index contributed by atoms with van der Waals surface area (Å²) in [6.07, 6.45) is 6.25. The SMILES string of the molecule is CCC1CCCCCN1c1cccc(C#N)n1. The predicted molar refractivity (Wildman–Crippen MR) is 68.8 cm³/mol. The van der Waals surface area contributed by atoms with E-state index in [-0.39, 0.29) is 0 Å². The third-order valence-corrected chi connectivity index (χ3v) is 3.49. The van der Waals surface area contributed by atoms with Crippen LogP contribution in [0, 0.1) is 11.3 Å². The van der Waals surface area contributed by atoms with Gasteiger partial charge in [0.1, 0.15) is 17.6 Å². The van der Waals surface area contributed by atoms with Crippen molar-refractivity contribution >= 4 is 5.82 Å². The van der Waals surface area contributed by atoms with Crippen LogP contribution in [0.25, 0.3) is 0 Å². The summed E-state index contributed by atoms with van der Waals surface area (Å²) in [7, 11) is 0. The minimum absolute atomic E-state index is 0.515. The summed E-state index contributed by atoms with van der Waals surface area (Å²) in [5.41, 5.74) is 0.515. The van der Waals surface area contributed by atoms with Crippen molar-refractivity contribution in [1.29, 1.82) is 5.26 Å². The molecule has 90 valence electrons. The van der Waals surface area contributed by atoms with Crippen molar-refractivity contribution < 1.29 is 0 Å². The quantitative estimate of drug-likeness (QED) is 0.782. The molecule has 1 saturated heterocycles. The fraction of sp³-hybridized carbons (Fsp3) is 0.571. The smallest absolute Gasteiger partial charge is 0.142 e. The van der Waals surface area contributed by atoms with Crippen molar-refractivity contribution in [1.82, 2.24) is 4.98 Å². The van der Waals surface area contributed by atoms with Gasteiger partial charge in [0.25, 0.3) is 0 Å². The number of nitriles is 1. The Morgan fingerprint density at radius 3 is 3.06 bits per heavy atom. The van der Waals surface area contributed by atoms with Crippen molar-refractivity contribution in [3.05, 3.63) is 23.9 Å². The Labute approximate surface area is 103 Å². The van der Waals surface area contributed by atoms with Gasteiger partial charge in [0, 0.05) is 12.6 Å². The standard InChI is InChI=1S/C14H19N3/c1-2-13-8-4-3-5-10-17(13)14-9-6-7-12(11-15)16-14/h6-7,9,13H,2-5,8,10H2,1H3. The highest BCUT2D eigenvalue weighted by molar-refractivity contribution is 5.42. The van der Waals surface area contributed by atoms with Crippen LogP contribution in [0.5, 0.6) is 0 Å². The Bertz CT molecular complexity index is 408. The molecule has 0 amide bonds. The first-order chi connectivity index (χ1) is 8.35. The van der Waals surface area contributed by atoms with Crippen LogP contribution >= 0.6 is 0 Å². The molecule has 1 unspecified atom stereocenters. The zero-order valence-electron chi connectivity index (χ0n) is 10.4. The summed E-state index contributed by atoms with van der Waals surface area (Å²) in [5.74, 6) is 0.970. The molecule has 1 atom stereocenters. The molecule has 2 heterocycles. The molecular formula is C14H19N3. The van der Waals surface area contributed by atoms with Gasteiger partial charge in [-0.15, -0.1) is 0 Å². The van der Waals surface area contributed by atoms with Gasteiger partial charge in [0.15, 0.2) is 0 Å². The van der Waals surface area contributed by atoms with Gasteiger partial charge in [0.2, 0.25) is 0 Å². The lowest BCUT2D eigenvalue weighted by molar-refractivity contribution is 0.552. The molecule has 0 N–H and O–H groups in total. The monoisotopic (exact) mass is 229 g/mol. The van der Waals surface area contributed by atoms with Crippen LogP contribution in [0.4, 0.5) is 5.82 Å². The van der Waals surface area contributed by atoms with E-state index in [1.54, 1.807) is 6.07 Å². The molecule has 1 aliphatic heterocycles. The van der Waals surface area contributed by atoms with Crippen molar-refractivity contribution in [2.75, 3.05) is 11.4 Å². The number of hydrogen-bond acceptors (Lipinski definition) is 3. The minimum atomic E-state index is 0.515. The summed E-state index contributed by atoms with van der Waals surface area (Å²) in [5, 5.41) is 8.91. The molecule has 1 aromatic rings. The highest BCUT2D eigenvalue weighted by Gasteiger charge is 2.20. The molecule has 0 saturated carbocycles. The summed E-state index contributed by atoms with van der Waals surface area (Å²) < 4.78 is 0. The molecule has 0 radical (unpaired) electrons. The number of anilines is 1. The van der Waals surface area contributed by atoms with Crippen LogP contribution in [-0.2, 0) is 0 Å². The van der Waals surface area contributed by atoms with Crippen LogP contribution in [-0.4, -0.2) is 17.6 Å². The highest BCUT2D eigenvalue weighted by Crippen LogP contribution is 2.24. The molecule has 3 nitrogen and oxygen atoms in total. The number of nitrogens with zero attached hydrogens (tertiary/aromatic N) is 3. The fourth-order valence-electron chi connectivity index (χ4n) is 2.55. The van der Waals surface area contributed by atoms with Gasteiger partial charge in [-0.05, 0) is 31.4 Å². The fourth-order valence-corrected chi connectivity index (χ4v) is 2.55. The Morgan fingerprint density at radius 1 is 1.41 bits per heavy atom. The van der Waals surface area contributed by atoms with Crippen LogP contribution < -0.4 is 4.90 Å². The maximum Gasteiger partial charge on any atom is 0.142 e. The number of rotatable bonds is 2. The second-order valence-corrected chi connectivity index (χ2v) is 4.60. The molecule has 0 aliphatic carbocycles. The summed E-state index contributed by atoms with van der Waals surface area (Å²) >= 11 is 0. The predicted octanol–water partition coefficient (Wildman–Crippen LogP) is 3.11. The molecule has 17 heavy (non-hydrogen) atoms. The largest absolute Gasteiger partial charge is 0.354 e. The first-order valence-electron chi connectivity index (χ1n) is 6.49. The highest BCUT2D eigenvalue weighted by atomic mass is 15.2. The number of hydrogen-bond donors (Lipinski definition) is 0. The van der Waals surface area contributed by atoms with E-state index in [0.717, 1.165) is 18.8 Å². The van der Waals surface area contributed by atoms with Gasteiger partial charge in [-0.1, -0.05) is 25.8 Å². The topological polar surface area (TPSA) is 39.9 Å². The number of pyridine rings is 1. The number of aromatic nitrogens is 1. The first kappa shape index (κ1) is 11.9. The van der Waals surface area contributed by atoms with E-state index in [4.69, 9.17) is 5.26 Å². The van der Waals surface area contributed by atoms with E-state index < -0.39 is 0 Å². The van der Waals surface area contributed by atoms with E-state index in [9.17, 15) is 0 Å². The van der Waals surface area contributed by atoms with Gasteiger partial charge < -0.3 is 4.90 Å². The minimum Gasteiger partial charge on any atom is -0.354 e. The normalized spacial score (nSPS) is 20.7. The lowest BCUT2D eigenvalue weighted by atomic mass is 10.1. The van der Waals surface area contributed by atoms with Gasteiger partial charge in [-0.3, -0.25) is 0 Å². The maximum absolute atomic E-state index is 8.91. The third-order valence-electron chi connectivity index (χ3n) is 3.49. The molecule has 0 aromatic carbocycles. The van der Waals surface area contributed by atoms with Crippen molar-refractivity contribution in [3.63, 3.8) is 0 Å². The summed E-state index contributed by atoms with van der Waals surface area (Å²) in [6, 6.07) is 8.42. The van der Waals surface area contributed by atoms with Crippen molar-refractivity contribution in [3.8, 4) is 6.07 Å². The lowest BCUT2D eigenvalue weighted by Gasteiger charge is -2.30. The average molecular weight is 229 g/mol. The Balaban J connectivity index is 2.25. The molecular weight excluding hydrogens is 210 g/mol. The van der Waals surface area contributed by atoms with Crippen molar-refractivity contribution in [2.45, 2.75) is 45.1 Å². The van der Waals surface area contributed by atoms with Crippen LogP contribution in [0.1, 0.15) is 44.7 Å². The Hall–Kier alpha value is -1.56. The molecule has 2 rings (SSSR count). The van der Waals surface area contributed by atoms with Gasteiger partial charge in [0.05, 0.1) is 0 Å². The van der Waals surface area contributed by atoms with Crippen LogP contribution in [0.3, 0.4) is 0 Å². The van der Waals surface area contributed by atoms with Crippen LogP contribution in [0.2, 0.25) is 0 Å². The van der Waals surface area contributed by atoms with E-state index in [0.29, 0.717) is 11.7 Å². The van der Waals surface area contributed by atoms with E-state index >= 15 is 0 Å². The lowest BCUT2D eigenvalue weighted by Crippen LogP contribution is -2.35. The molecule has 0 spiro atoms. The van der Waals surface area contributed by atoms with Crippen LogP contribution in [0.15, 0.2) is 18.2 Å². The average Bonchev–Trinajstić information content (AvgIpc) is 2.63. The molecule has 1 fully saturated rings. The van der Waals surface area contributed by atoms with Crippen molar-refractivity contribution in [2.24, 2.45) is 0 Å².